The highest BCUT2D eigenvalue weighted by Crippen LogP contribution is 2.45. The molecule has 0 bridgehead atoms. The van der Waals surface area contributed by atoms with Gasteiger partial charge in [-0.05, 0) is 148 Å². The summed E-state index contributed by atoms with van der Waals surface area (Å²) in [5.74, 6) is -1.66. The number of aliphatic hydroxyl groups excluding tert-OH is 2. The molecular formula is C105H180O16P2. The zero-order valence-electron chi connectivity index (χ0n) is 78.1. The van der Waals surface area contributed by atoms with Crippen molar-refractivity contribution in [2.45, 2.75) is 437 Å². The SMILES string of the molecule is CC/C=C\C/C=C\C/C=C\C/C=C\C/C=C\C/C=C\CCC(=O)OC(COC(=O)CCCCCCCCCCCCCCCCCCC/C=C\C/C=C\C/C=C\C/C=C\CCCCC)COP(=O)(O)OCC(O)COP(=O)(O)OCC(O)COC(=O)CCCCCCCCCCCCCCCCCCCCC/C=C\C/C=C\C/C=C\C/C=C\CCCCC. The smallest absolute Gasteiger partial charge is 0.463 e. The van der Waals surface area contributed by atoms with Crippen LogP contribution in [0.15, 0.2) is 170 Å². The second kappa shape index (κ2) is 96.0. The fraction of sp³-hybridized carbons (Fsp3) is 0.705. The fourth-order valence-corrected chi connectivity index (χ4v) is 15.0. The summed E-state index contributed by atoms with van der Waals surface area (Å²) in [6, 6.07) is 0. The highest BCUT2D eigenvalue weighted by Gasteiger charge is 2.30. The monoisotopic (exact) mass is 1760 g/mol. The van der Waals surface area contributed by atoms with E-state index in [1.165, 1.54) is 238 Å². The van der Waals surface area contributed by atoms with Gasteiger partial charge in [-0.25, -0.2) is 9.13 Å². The zero-order valence-corrected chi connectivity index (χ0v) is 79.9. The van der Waals surface area contributed by atoms with Gasteiger partial charge in [-0.2, -0.15) is 0 Å². The first-order valence-corrected chi connectivity index (χ1v) is 52.4. The van der Waals surface area contributed by atoms with Crippen LogP contribution in [0.2, 0.25) is 0 Å². The molecule has 18 heteroatoms. The molecular weight excluding hydrogens is 1580 g/mol. The maximum atomic E-state index is 13.0. The number of phosphoric acid groups is 2. The number of rotatable bonds is 93. The first-order chi connectivity index (χ1) is 60.2. The summed E-state index contributed by atoms with van der Waals surface area (Å²) in [5, 5.41) is 20.8. The summed E-state index contributed by atoms with van der Waals surface area (Å²) in [6.45, 7) is 2.48. The van der Waals surface area contributed by atoms with Crippen molar-refractivity contribution in [3.05, 3.63) is 170 Å². The van der Waals surface area contributed by atoms with Crippen LogP contribution in [0.25, 0.3) is 0 Å². The molecule has 0 aliphatic rings. The molecule has 5 atom stereocenters. The van der Waals surface area contributed by atoms with E-state index in [-0.39, 0.29) is 19.3 Å². The Hall–Kier alpha value is -5.09. The van der Waals surface area contributed by atoms with Gasteiger partial charge in [0, 0.05) is 19.3 Å². The molecule has 123 heavy (non-hydrogen) atoms. The molecule has 0 aromatic carbocycles. The highest BCUT2D eigenvalue weighted by molar-refractivity contribution is 7.47. The molecule has 0 radical (unpaired) electrons. The van der Waals surface area contributed by atoms with Gasteiger partial charge in [-0.1, -0.05) is 422 Å². The van der Waals surface area contributed by atoms with Crippen LogP contribution in [-0.4, -0.2) is 95.9 Å². The molecule has 0 saturated heterocycles. The second-order valence-electron chi connectivity index (χ2n) is 32.8. The quantitative estimate of drug-likeness (QED) is 0.0146. The van der Waals surface area contributed by atoms with Crippen LogP contribution in [0.3, 0.4) is 0 Å². The lowest BCUT2D eigenvalue weighted by atomic mass is 10.0. The van der Waals surface area contributed by atoms with Crippen molar-refractivity contribution >= 4 is 33.6 Å². The van der Waals surface area contributed by atoms with E-state index in [4.69, 9.17) is 32.3 Å². The minimum absolute atomic E-state index is 0.0233. The number of aliphatic hydroxyl groups is 2. The number of allylic oxidation sites excluding steroid dienone is 28. The first-order valence-electron chi connectivity index (χ1n) is 49.4. The number of esters is 3. The number of hydrogen-bond donors (Lipinski definition) is 4. The van der Waals surface area contributed by atoms with E-state index in [1.807, 2.05) is 18.2 Å². The molecule has 16 nitrogen and oxygen atoms in total. The minimum atomic E-state index is -4.96. The summed E-state index contributed by atoms with van der Waals surface area (Å²) in [5.41, 5.74) is 0. The Morgan fingerprint density at radius 3 is 0.715 bits per heavy atom. The number of ether oxygens (including phenoxy) is 3. The number of unbranched alkanes of at least 4 members (excludes halogenated alkanes) is 42. The Morgan fingerprint density at radius 2 is 0.447 bits per heavy atom. The van der Waals surface area contributed by atoms with Gasteiger partial charge < -0.3 is 34.2 Å². The molecule has 0 aliphatic carbocycles. The van der Waals surface area contributed by atoms with Crippen LogP contribution in [-0.2, 0) is 55.8 Å². The number of phosphoric ester groups is 2. The third kappa shape index (κ3) is 97.4. The van der Waals surface area contributed by atoms with Gasteiger partial charge in [0.1, 0.15) is 25.4 Å². The minimum Gasteiger partial charge on any atom is -0.463 e. The van der Waals surface area contributed by atoms with Gasteiger partial charge in [-0.15, -0.1) is 0 Å². The molecule has 5 unspecified atom stereocenters. The molecule has 4 N–H and O–H groups in total. The Labute approximate surface area is 752 Å². The maximum absolute atomic E-state index is 13.0. The molecule has 0 fully saturated rings. The van der Waals surface area contributed by atoms with Crippen molar-refractivity contribution in [1.82, 2.24) is 0 Å². The maximum Gasteiger partial charge on any atom is 0.472 e. The van der Waals surface area contributed by atoms with E-state index >= 15 is 0 Å². The average molecular weight is 1760 g/mol. The van der Waals surface area contributed by atoms with Crippen LogP contribution >= 0.6 is 15.6 Å². The first kappa shape index (κ1) is 118. The average Bonchev–Trinajstić information content (AvgIpc) is 0.930. The van der Waals surface area contributed by atoms with E-state index in [1.54, 1.807) is 0 Å². The largest absolute Gasteiger partial charge is 0.472 e. The van der Waals surface area contributed by atoms with Gasteiger partial charge in [0.05, 0.1) is 26.4 Å². The molecule has 0 aromatic heterocycles. The number of carbonyl (C=O) groups is 3. The Bertz CT molecular complexity index is 2920. The zero-order chi connectivity index (χ0) is 89.3. The van der Waals surface area contributed by atoms with E-state index in [2.05, 4.69) is 173 Å². The predicted octanol–water partition coefficient (Wildman–Crippen LogP) is 31.0. The van der Waals surface area contributed by atoms with Crippen molar-refractivity contribution < 1.29 is 75.8 Å². The molecule has 0 heterocycles. The van der Waals surface area contributed by atoms with E-state index in [0.29, 0.717) is 25.7 Å². The summed E-state index contributed by atoms with van der Waals surface area (Å²) >= 11 is 0. The fourth-order valence-electron chi connectivity index (χ4n) is 13.5. The van der Waals surface area contributed by atoms with Crippen LogP contribution in [0, 0.1) is 0 Å². The topological polar surface area (TPSA) is 231 Å². The molecule has 0 amide bonds. The molecule has 0 rings (SSSR count). The Morgan fingerprint density at radius 1 is 0.236 bits per heavy atom. The van der Waals surface area contributed by atoms with Crippen molar-refractivity contribution in [3.8, 4) is 0 Å². The van der Waals surface area contributed by atoms with E-state index in [0.717, 1.165) is 116 Å². The summed E-state index contributed by atoms with van der Waals surface area (Å²) in [4.78, 5) is 59.0. The second-order valence-corrected chi connectivity index (χ2v) is 35.7. The summed E-state index contributed by atoms with van der Waals surface area (Å²) in [6.07, 6.45) is 126. The van der Waals surface area contributed by atoms with Gasteiger partial charge in [0.25, 0.3) is 0 Å². The number of hydrogen-bond acceptors (Lipinski definition) is 14. The van der Waals surface area contributed by atoms with Crippen molar-refractivity contribution in [2.75, 3.05) is 39.6 Å². The normalized spacial score (nSPS) is 14.4. The van der Waals surface area contributed by atoms with Crippen LogP contribution in [0.1, 0.15) is 419 Å². The summed E-state index contributed by atoms with van der Waals surface area (Å²) in [7, 11) is -9.84. The van der Waals surface area contributed by atoms with Gasteiger partial charge in [-0.3, -0.25) is 32.5 Å². The van der Waals surface area contributed by atoms with Crippen molar-refractivity contribution in [1.29, 1.82) is 0 Å². The lowest BCUT2D eigenvalue weighted by Crippen LogP contribution is -2.29. The third-order valence-electron chi connectivity index (χ3n) is 20.9. The molecule has 0 aliphatic heterocycles. The lowest BCUT2D eigenvalue weighted by Gasteiger charge is -2.21. The Balaban J connectivity index is 4.51. The standard InChI is InChI=1S/C105H180O16P2/c1-4-7-10-13-16-19-22-25-28-31-34-36-38-40-42-44-46-48-49-51-53-54-56-58-60-62-65-67-70-73-76-79-82-85-88-91-103(108)115-94-100(106)95-117-122(111,112)118-96-101(107)97-119-123(113,114)120-99-102(121-105(110)93-90-87-84-81-78-75-72-69-64-33-30-27-24-21-18-15-12-9-6-3)98-116-104(109)92-89-86-83-80-77-74-71-68-66-63-61-59-57-55-52-50-47-45-43-41-39-37-35-32-29-26-23-20-17-14-11-8-5-2/h9,12,16-21,25-30,34-37,40-43,64,69,75,78,84,87,100-102,106-107H,4-8,10-11,13-15,22-24,31-33,38-39,44-63,65-68,70-74,76-77,79-83,85-86,88-99H2,1-3H3,(H,111,112)(H,113,114)/b12-9-,19-16-,20-17-,21-18-,28-25-,29-26-,30-27-,36-34-,37-35-,42-40-,43-41-,69-64-,78-75-,87-84-. The van der Waals surface area contributed by atoms with E-state index in [9.17, 15) is 43.5 Å². The number of carbonyl (C=O) groups excluding carboxylic acids is 3. The van der Waals surface area contributed by atoms with Crippen molar-refractivity contribution in [2.24, 2.45) is 0 Å². The van der Waals surface area contributed by atoms with Crippen molar-refractivity contribution in [3.63, 3.8) is 0 Å². The predicted molar refractivity (Wildman–Crippen MR) is 519 cm³/mol. The molecule has 706 valence electrons. The van der Waals surface area contributed by atoms with Crippen LogP contribution < -0.4 is 0 Å². The molecule has 0 spiro atoms. The van der Waals surface area contributed by atoms with Crippen LogP contribution in [0.4, 0.5) is 0 Å². The van der Waals surface area contributed by atoms with Crippen LogP contribution in [0.5, 0.6) is 0 Å². The molecule has 0 saturated carbocycles. The van der Waals surface area contributed by atoms with Gasteiger partial charge in [0.15, 0.2) is 6.10 Å². The Kier molecular flexibility index (Phi) is 92.0. The highest BCUT2D eigenvalue weighted by atomic mass is 31.2. The molecule has 0 aromatic rings. The van der Waals surface area contributed by atoms with Gasteiger partial charge >= 0.3 is 33.6 Å². The third-order valence-corrected chi connectivity index (χ3v) is 22.8. The van der Waals surface area contributed by atoms with E-state index < -0.39 is 91.5 Å². The van der Waals surface area contributed by atoms with Gasteiger partial charge in [0.2, 0.25) is 0 Å². The lowest BCUT2D eigenvalue weighted by molar-refractivity contribution is -0.161. The summed E-state index contributed by atoms with van der Waals surface area (Å²) < 4.78 is 61.4.